The minimum Gasteiger partial charge on any atom is -0.497 e. The molecule has 1 aliphatic carbocycles. The number of nitrogens with one attached hydrogen (secondary N) is 1. The Morgan fingerprint density at radius 3 is 2.19 bits per heavy atom. The maximum Gasteiger partial charge on any atom is 0.251 e. The molecule has 26 heavy (non-hydrogen) atoms. The first kappa shape index (κ1) is 18.0. The molecule has 0 aliphatic heterocycles. The minimum atomic E-state index is -0.105. The zero-order valence-electron chi connectivity index (χ0n) is 15.2. The number of ether oxygens (including phenoxy) is 1. The lowest BCUT2D eigenvalue weighted by molar-refractivity contribution is -0.131. The molecular weight excluding hydrogens is 328 g/mol. The molecule has 0 atom stereocenters. The highest BCUT2D eigenvalue weighted by atomic mass is 16.5. The average molecular weight is 352 g/mol. The number of benzene rings is 2. The van der Waals surface area contributed by atoms with Crippen molar-refractivity contribution in [1.29, 1.82) is 0 Å². The zero-order valence-corrected chi connectivity index (χ0v) is 15.2. The third-order valence-electron chi connectivity index (χ3n) is 4.62. The van der Waals surface area contributed by atoms with Gasteiger partial charge in [0.2, 0.25) is 5.91 Å². The Labute approximate surface area is 154 Å². The molecule has 136 valence electrons. The van der Waals surface area contributed by atoms with Crippen LogP contribution in [0.3, 0.4) is 0 Å². The molecule has 0 saturated heterocycles. The standard InChI is InChI=1S/C21H24N2O3/c1-22-21(25)17-7-3-16(4-8-17)14-23(18-9-10-18)20(24)13-15-5-11-19(26-2)12-6-15/h3-8,11-12,18H,9-10,13-14H2,1-2H3,(H,22,25). The fourth-order valence-corrected chi connectivity index (χ4v) is 2.93. The largest absolute Gasteiger partial charge is 0.497 e. The van der Waals surface area contributed by atoms with Gasteiger partial charge in [0, 0.05) is 25.2 Å². The molecule has 1 aliphatic rings. The number of carbonyl (C=O) groups is 2. The minimum absolute atomic E-state index is 0.105. The zero-order chi connectivity index (χ0) is 18.5. The number of amides is 2. The average Bonchev–Trinajstić information content (AvgIpc) is 3.51. The molecule has 3 rings (SSSR count). The van der Waals surface area contributed by atoms with Gasteiger partial charge in [-0.2, -0.15) is 0 Å². The van der Waals surface area contributed by atoms with Crippen LogP contribution in [0.1, 0.15) is 34.3 Å². The van der Waals surface area contributed by atoms with Crippen molar-refractivity contribution in [3.63, 3.8) is 0 Å². The van der Waals surface area contributed by atoms with Crippen LogP contribution in [-0.4, -0.2) is 36.9 Å². The molecule has 0 bridgehead atoms. The van der Waals surface area contributed by atoms with Crippen molar-refractivity contribution in [2.45, 2.75) is 31.8 Å². The third kappa shape index (κ3) is 4.42. The van der Waals surface area contributed by atoms with E-state index in [-0.39, 0.29) is 11.8 Å². The van der Waals surface area contributed by atoms with Crippen LogP contribution in [-0.2, 0) is 17.8 Å². The van der Waals surface area contributed by atoms with Crippen LogP contribution < -0.4 is 10.1 Å². The number of rotatable bonds is 7. The molecular formula is C21H24N2O3. The van der Waals surface area contributed by atoms with E-state index >= 15 is 0 Å². The fraction of sp³-hybridized carbons (Fsp3) is 0.333. The van der Waals surface area contributed by atoms with Crippen LogP contribution in [0, 0.1) is 0 Å². The fourth-order valence-electron chi connectivity index (χ4n) is 2.93. The highest BCUT2D eigenvalue weighted by molar-refractivity contribution is 5.93. The Bertz CT molecular complexity index is 765. The number of carbonyl (C=O) groups excluding carboxylic acids is 2. The van der Waals surface area contributed by atoms with Gasteiger partial charge >= 0.3 is 0 Å². The van der Waals surface area contributed by atoms with Gasteiger partial charge in [-0.1, -0.05) is 24.3 Å². The Hall–Kier alpha value is -2.82. The van der Waals surface area contributed by atoms with Crippen molar-refractivity contribution < 1.29 is 14.3 Å². The van der Waals surface area contributed by atoms with Gasteiger partial charge in [-0.3, -0.25) is 9.59 Å². The number of nitrogens with zero attached hydrogens (tertiary/aromatic N) is 1. The van der Waals surface area contributed by atoms with E-state index in [9.17, 15) is 9.59 Å². The maximum atomic E-state index is 12.8. The van der Waals surface area contributed by atoms with E-state index in [2.05, 4.69) is 5.32 Å². The predicted octanol–water partition coefficient (Wildman–Crippen LogP) is 2.79. The van der Waals surface area contributed by atoms with Gasteiger partial charge in [0.25, 0.3) is 5.91 Å². The van der Waals surface area contributed by atoms with E-state index in [0.717, 1.165) is 29.7 Å². The van der Waals surface area contributed by atoms with Crippen molar-refractivity contribution in [3.05, 3.63) is 65.2 Å². The second kappa shape index (κ2) is 8.04. The van der Waals surface area contributed by atoms with Crippen LogP contribution in [0.25, 0.3) is 0 Å². The van der Waals surface area contributed by atoms with Crippen LogP contribution in [0.15, 0.2) is 48.5 Å². The predicted molar refractivity (Wildman–Crippen MR) is 100 cm³/mol. The quantitative estimate of drug-likeness (QED) is 0.834. The van der Waals surface area contributed by atoms with Crippen molar-refractivity contribution in [2.24, 2.45) is 0 Å². The van der Waals surface area contributed by atoms with Crippen molar-refractivity contribution in [3.8, 4) is 5.75 Å². The van der Waals surface area contributed by atoms with Crippen LogP contribution in [0.5, 0.6) is 5.75 Å². The summed E-state index contributed by atoms with van der Waals surface area (Å²) in [6.45, 7) is 0.577. The first-order valence-electron chi connectivity index (χ1n) is 8.84. The van der Waals surface area contributed by atoms with E-state index in [1.807, 2.05) is 41.3 Å². The van der Waals surface area contributed by atoms with Gasteiger partial charge in [-0.25, -0.2) is 0 Å². The molecule has 0 unspecified atom stereocenters. The number of methoxy groups -OCH3 is 1. The van der Waals surface area contributed by atoms with E-state index < -0.39 is 0 Å². The van der Waals surface area contributed by atoms with Gasteiger partial charge in [0.05, 0.1) is 13.5 Å². The summed E-state index contributed by atoms with van der Waals surface area (Å²) in [6, 6.07) is 15.4. The Morgan fingerprint density at radius 1 is 1.04 bits per heavy atom. The van der Waals surface area contributed by atoms with Crippen LogP contribution in [0.2, 0.25) is 0 Å². The summed E-state index contributed by atoms with van der Waals surface area (Å²) in [5, 5.41) is 2.61. The number of hydrogen-bond acceptors (Lipinski definition) is 3. The molecule has 2 amide bonds. The summed E-state index contributed by atoms with van der Waals surface area (Å²) in [4.78, 5) is 26.4. The second-order valence-electron chi connectivity index (χ2n) is 6.55. The summed E-state index contributed by atoms with van der Waals surface area (Å²) in [5.74, 6) is 0.815. The summed E-state index contributed by atoms with van der Waals surface area (Å²) in [6.07, 6.45) is 2.51. The van der Waals surface area contributed by atoms with Crippen LogP contribution >= 0.6 is 0 Å². The molecule has 0 radical (unpaired) electrons. The lowest BCUT2D eigenvalue weighted by Crippen LogP contribution is -2.33. The Balaban J connectivity index is 1.66. The lowest BCUT2D eigenvalue weighted by atomic mass is 10.1. The SMILES string of the molecule is CNC(=O)c1ccc(CN(C(=O)Cc2ccc(OC)cc2)C2CC2)cc1. The van der Waals surface area contributed by atoms with Gasteiger partial charge in [0.1, 0.15) is 5.75 Å². The first-order valence-corrected chi connectivity index (χ1v) is 8.84. The lowest BCUT2D eigenvalue weighted by Gasteiger charge is -2.23. The molecule has 5 heteroatoms. The van der Waals surface area contributed by atoms with Crippen molar-refractivity contribution in [1.82, 2.24) is 10.2 Å². The molecule has 0 aromatic heterocycles. The van der Waals surface area contributed by atoms with Gasteiger partial charge in [-0.05, 0) is 48.2 Å². The number of hydrogen-bond donors (Lipinski definition) is 1. The molecule has 2 aromatic rings. The summed E-state index contributed by atoms with van der Waals surface area (Å²) in [7, 11) is 3.24. The first-order chi connectivity index (χ1) is 12.6. The summed E-state index contributed by atoms with van der Waals surface area (Å²) in [5.41, 5.74) is 2.64. The van der Waals surface area contributed by atoms with Crippen LogP contribution in [0.4, 0.5) is 0 Å². The molecule has 5 nitrogen and oxygen atoms in total. The van der Waals surface area contributed by atoms with E-state index in [4.69, 9.17) is 4.74 Å². The smallest absolute Gasteiger partial charge is 0.251 e. The Morgan fingerprint density at radius 2 is 1.65 bits per heavy atom. The molecule has 2 aromatic carbocycles. The maximum absolute atomic E-state index is 12.8. The molecule has 1 N–H and O–H groups in total. The topological polar surface area (TPSA) is 58.6 Å². The second-order valence-corrected chi connectivity index (χ2v) is 6.55. The molecule has 1 fully saturated rings. The molecule has 1 saturated carbocycles. The highest BCUT2D eigenvalue weighted by Gasteiger charge is 2.32. The van der Waals surface area contributed by atoms with Gasteiger partial charge < -0.3 is 15.0 Å². The summed E-state index contributed by atoms with van der Waals surface area (Å²) >= 11 is 0. The molecule has 0 heterocycles. The van der Waals surface area contributed by atoms with E-state index in [0.29, 0.717) is 24.6 Å². The van der Waals surface area contributed by atoms with E-state index in [1.54, 1.807) is 26.3 Å². The summed E-state index contributed by atoms with van der Waals surface area (Å²) < 4.78 is 5.16. The normalized spacial score (nSPS) is 13.2. The van der Waals surface area contributed by atoms with E-state index in [1.165, 1.54) is 0 Å². The molecule has 0 spiro atoms. The highest BCUT2D eigenvalue weighted by Crippen LogP contribution is 2.29. The third-order valence-corrected chi connectivity index (χ3v) is 4.62. The van der Waals surface area contributed by atoms with Crippen molar-refractivity contribution in [2.75, 3.05) is 14.2 Å². The van der Waals surface area contributed by atoms with Gasteiger partial charge in [0.15, 0.2) is 0 Å². The Kier molecular flexibility index (Phi) is 5.56. The van der Waals surface area contributed by atoms with Crippen molar-refractivity contribution >= 4 is 11.8 Å². The monoisotopic (exact) mass is 352 g/mol. The van der Waals surface area contributed by atoms with Gasteiger partial charge in [-0.15, -0.1) is 0 Å².